The first kappa shape index (κ1) is 19.3. The minimum absolute atomic E-state index is 0.0475. The van der Waals surface area contributed by atoms with Crippen molar-refractivity contribution in [3.63, 3.8) is 0 Å². The van der Waals surface area contributed by atoms with Crippen LogP contribution in [0.5, 0.6) is 11.5 Å². The summed E-state index contributed by atoms with van der Waals surface area (Å²) in [6.07, 6.45) is 4.51. The van der Waals surface area contributed by atoms with Gasteiger partial charge in [0, 0.05) is 57.7 Å². The highest BCUT2D eigenvalue weighted by molar-refractivity contribution is 5.98. The Labute approximate surface area is 185 Å². The van der Waals surface area contributed by atoms with E-state index >= 15 is 0 Å². The van der Waals surface area contributed by atoms with Gasteiger partial charge in [-0.2, -0.15) is 0 Å². The number of furan rings is 1. The number of fused-ring (bicyclic) bond motifs is 2. The van der Waals surface area contributed by atoms with Crippen molar-refractivity contribution in [3.8, 4) is 11.5 Å². The Hall–Kier alpha value is -3.39. The lowest BCUT2D eigenvalue weighted by atomic mass is 9.85. The summed E-state index contributed by atoms with van der Waals surface area (Å²) in [6, 6.07) is 9.94. The van der Waals surface area contributed by atoms with Crippen molar-refractivity contribution in [2.24, 2.45) is 0 Å². The molecule has 164 valence electrons. The van der Waals surface area contributed by atoms with Crippen LogP contribution in [0.2, 0.25) is 0 Å². The summed E-state index contributed by atoms with van der Waals surface area (Å²) in [6.45, 7) is 4.70. The number of anilines is 1. The van der Waals surface area contributed by atoms with Gasteiger partial charge in [-0.3, -0.25) is 9.69 Å². The molecule has 1 fully saturated rings. The largest absolute Gasteiger partial charge is 0.469 e. The van der Waals surface area contributed by atoms with Gasteiger partial charge in [-0.15, -0.1) is 0 Å². The fraction of sp³-hybridized carbons (Fsp3) is 0.375. The van der Waals surface area contributed by atoms with Gasteiger partial charge >= 0.3 is 0 Å². The highest BCUT2D eigenvalue weighted by Crippen LogP contribution is 2.34. The molecule has 2 aromatic heterocycles. The Morgan fingerprint density at radius 3 is 2.75 bits per heavy atom. The Bertz CT molecular complexity index is 1140. The first-order valence-corrected chi connectivity index (χ1v) is 11.0. The quantitative estimate of drug-likeness (QED) is 0.622. The van der Waals surface area contributed by atoms with E-state index < -0.39 is 0 Å². The first-order chi connectivity index (χ1) is 15.7. The molecule has 0 radical (unpaired) electrons. The maximum absolute atomic E-state index is 12.6. The number of piperazine rings is 1. The van der Waals surface area contributed by atoms with Crippen LogP contribution in [0.3, 0.4) is 0 Å². The number of benzene rings is 1. The molecule has 8 heteroatoms. The zero-order valence-corrected chi connectivity index (χ0v) is 17.7. The zero-order valence-electron chi connectivity index (χ0n) is 17.7. The number of nitrogens with zero attached hydrogens (tertiary/aromatic N) is 4. The van der Waals surface area contributed by atoms with Gasteiger partial charge in [0.25, 0.3) is 0 Å². The van der Waals surface area contributed by atoms with E-state index in [4.69, 9.17) is 18.9 Å². The topological polar surface area (TPSA) is 80.9 Å². The molecule has 6 rings (SSSR count). The first-order valence-electron chi connectivity index (χ1n) is 11.0. The molecule has 2 aliphatic heterocycles. The van der Waals surface area contributed by atoms with Gasteiger partial charge < -0.3 is 18.8 Å². The molecular weight excluding hydrogens is 408 g/mol. The molecule has 4 heterocycles. The lowest BCUT2D eigenvalue weighted by molar-refractivity contribution is 0.0958. The maximum Gasteiger partial charge on any atom is 0.231 e. The van der Waals surface area contributed by atoms with Crippen molar-refractivity contribution >= 4 is 11.7 Å². The van der Waals surface area contributed by atoms with Crippen molar-refractivity contribution in [2.75, 3.05) is 37.9 Å². The van der Waals surface area contributed by atoms with E-state index in [-0.39, 0.29) is 11.7 Å². The van der Waals surface area contributed by atoms with E-state index in [1.165, 1.54) is 5.56 Å². The number of ether oxygens (including phenoxy) is 2. The fourth-order valence-electron chi connectivity index (χ4n) is 4.72. The molecule has 1 aliphatic carbocycles. The Kier molecular flexibility index (Phi) is 4.79. The zero-order chi connectivity index (χ0) is 21.5. The van der Waals surface area contributed by atoms with Crippen LogP contribution >= 0.6 is 0 Å². The molecule has 32 heavy (non-hydrogen) atoms. The Balaban J connectivity index is 1.12. The van der Waals surface area contributed by atoms with E-state index in [0.29, 0.717) is 31.1 Å². The summed E-state index contributed by atoms with van der Waals surface area (Å²) < 4.78 is 16.4. The molecule has 1 atom stereocenters. The molecular formula is C24H24N4O4. The minimum Gasteiger partial charge on any atom is -0.469 e. The van der Waals surface area contributed by atoms with Crippen LogP contribution in [0, 0.1) is 0 Å². The number of hydrogen-bond donors (Lipinski definition) is 0. The second-order valence-corrected chi connectivity index (χ2v) is 8.52. The average molecular weight is 432 g/mol. The molecule has 8 nitrogen and oxygen atoms in total. The third-order valence-corrected chi connectivity index (χ3v) is 6.47. The van der Waals surface area contributed by atoms with Crippen LogP contribution in [0.25, 0.3) is 0 Å². The molecule has 0 N–H and O–H groups in total. The van der Waals surface area contributed by atoms with E-state index in [0.717, 1.165) is 55.7 Å². The van der Waals surface area contributed by atoms with E-state index in [2.05, 4.69) is 26.9 Å². The molecule has 1 saturated heterocycles. The lowest BCUT2D eigenvalue weighted by Crippen LogP contribution is -2.46. The summed E-state index contributed by atoms with van der Waals surface area (Å²) >= 11 is 0. The smallest absolute Gasteiger partial charge is 0.231 e. The van der Waals surface area contributed by atoms with Crippen LogP contribution in [-0.2, 0) is 13.0 Å². The second-order valence-electron chi connectivity index (χ2n) is 8.52. The third-order valence-electron chi connectivity index (χ3n) is 6.47. The van der Waals surface area contributed by atoms with E-state index in [1.54, 1.807) is 12.5 Å². The molecule has 0 spiro atoms. The Morgan fingerprint density at radius 1 is 1.03 bits per heavy atom. The highest BCUT2D eigenvalue weighted by atomic mass is 16.7. The predicted octanol–water partition coefficient (Wildman–Crippen LogP) is 3.03. The molecule has 0 bridgehead atoms. The van der Waals surface area contributed by atoms with Crippen molar-refractivity contribution in [2.45, 2.75) is 25.3 Å². The van der Waals surface area contributed by atoms with Crippen LogP contribution in [0.4, 0.5) is 5.95 Å². The molecule has 3 aliphatic rings. The van der Waals surface area contributed by atoms with Crippen LogP contribution in [0.1, 0.15) is 39.7 Å². The number of rotatable bonds is 4. The molecule has 0 amide bonds. The number of hydrogen-bond acceptors (Lipinski definition) is 8. The van der Waals surface area contributed by atoms with E-state index in [1.807, 2.05) is 18.2 Å². The van der Waals surface area contributed by atoms with Crippen molar-refractivity contribution < 1.29 is 18.7 Å². The molecule has 0 saturated carbocycles. The minimum atomic E-state index is 0.0475. The van der Waals surface area contributed by atoms with Gasteiger partial charge in [0.15, 0.2) is 17.3 Å². The number of aromatic nitrogens is 2. The number of carbonyl (C=O) groups excluding carboxylic acids is 1. The monoisotopic (exact) mass is 432 g/mol. The number of Topliss-reactive ketones (excluding diaryl/α,β-unsaturated/α-hetero) is 1. The summed E-state index contributed by atoms with van der Waals surface area (Å²) in [5.41, 5.74) is 2.70. The van der Waals surface area contributed by atoms with Crippen LogP contribution in [-0.4, -0.2) is 53.6 Å². The van der Waals surface area contributed by atoms with Crippen molar-refractivity contribution in [1.29, 1.82) is 0 Å². The average Bonchev–Trinajstić information content (AvgIpc) is 3.51. The van der Waals surface area contributed by atoms with Gasteiger partial charge in [0.05, 0.1) is 17.5 Å². The second kappa shape index (κ2) is 7.94. The fourth-order valence-corrected chi connectivity index (χ4v) is 4.72. The van der Waals surface area contributed by atoms with Gasteiger partial charge in [0.2, 0.25) is 12.7 Å². The normalized spacial score (nSPS) is 20.4. The summed E-state index contributed by atoms with van der Waals surface area (Å²) in [5, 5.41) is 0. The maximum atomic E-state index is 12.6. The van der Waals surface area contributed by atoms with Crippen LogP contribution < -0.4 is 14.4 Å². The van der Waals surface area contributed by atoms with Crippen molar-refractivity contribution in [3.05, 3.63) is 65.4 Å². The predicted molar refractivity (Wildman–Crippen MR) is 116 cm³/mol. The Morgan fingerprint density at radius 2 is 1.91 bits per heavy atom. The summed E-state index contributed by atoms with van der Waals surface area (Å²) in [4.78, 5) is 26.6. The summed E-state index contributed by atoms with van der Waals surface area (Å²) in [5.74, 6) is 3.33. The highest BCUT2D eigenvalue weighted by Gasteiger charge is 2.30. The SMILES string of the molecule is O=C1C[C@H](c2ccco2)Cc2nc(N3CCN(Cc4ccc5c(c4)OCO5)CC3)ncc21. The van der Waals surface area contributed by atoms with Gasteiger partial charge in [0.1, 0.15) is 5.76 Å². The van der Waals surface area contributed by atoms with Gasteiger partial charge in [-0.1, -0.05) is 6.07 Å². The van der Waals surface area contributed by atoms with Gasteiger partial charge in [-0.05, 0) is 29.8 Å². The molecule has 0 unspecified atom stereocenters. The number of ketones is 1. The standard InChI is InChI=1S/C24H24N4O4/c29-20-12-17(21-2-1-9-30-21)11-19-18(20)13-25-24(26-19)28-7-5-27(6-8-28)14-16-3-4-22-23(10-16)32-15-31-22/h1-4,9-10,13,17H,5-8,11-12,14-15H2/t17-/m1/s1. The number of carbonyl (C=O) groups is 1. The summed E-state index contributed by atoms with van der Waals surface area (Å²) in [7, 11) is 0. The lowest BCUT2D eigenvalue weighted by Gasteiger charge is -2.35. The van der Waals surface area contributed by atoms with Crippen LogP contribution in [0.15, 0.2) is 47.2 Å². The third kappa shape index (κ3) is 3.60. The molecule has 1 aromatic carbocycles. The van der Waals surface area contributed by atoms with Gasteiger partial charge in [-0.25, -0.2) is 9.97 Å². The van der Waals surface area contributed by atoms with Crippen molar-refractivity contribution in [1.82, 2.24) is 14.9 Å². The molecule has 3 aromatic rings. The van der Waals surface area contributed by atoms with E-state index in [9.17, 15) is 4.79 Å².